The number of anilines is 1. The summed E-state index contributed by atoms with van der Waals surface area (Å²) in [6.07, 6.45) is 0. The lowest BCUT2D eigenvalue weighted by Gasteiger charge is -2.03. The fourth-order valence-corrected chi connectivity index (χ4v) is 3.39. The van der Waals surface area contributed by atoms with Crippen LogP contribution < -0.4 is 17.1 Å². The minimum atomic E-state index is -4.26. The first kappa shape index (κ1) is 16.1. The summed E-state index contributed by atoms with van der Waals surface area (Å²) >= 11 is 5.73. The molecule has 0 aliphatic carbocycles. The van der Waals surface area contributed by atoms with Crippen LogP contribution in [-0.4, -0.2) is 22.2 Å². The number of halogens is 1. The smallest absolute Gasteiger partial charge is 0.366 e. The number of nitrogen functional groups attached to an aromatic ring is 1. The molecule has 10 heteroatoms. The summed E-state index contributed by atoms with van der Waals surface area (Å²) in [6, 6.07) is 11.1. The molecule has 0 radical (unpaired) electrons. The third kappa shape index (κ3) is 2.63. The minimum absolute atomic E-state index is 0.181. The van der Waals surface area contributed by atoms with Gasteiger partial charge in [-0.05, 0) is 48.5 Å². The number of hydrogen-bond donors (Lipinski definition) is 2. The first-order valence-electron chi connectivity index (χ1n) is 6.62. The van der Waals surface area contributed by atoms with Gasteiger partial charge in [-0.1, -0.05) is 11.6 Å². The molecule has 8 nitrogen and oxygen atoms in total. The molecule has 2 aromatic carbocycles. The van der Waals surface area contributed by atoms with Gasteiger partial charge in [0.2, 0.25) is 0 Å². The van der Waals surface area contributed by atoms with Gasteiger partial charge >= 0.3 is 11.4 Å². The molecule has 0 aliphatic rings. The van der Waals surface area contributed by atoms with Crippen molar-refractivity contribution in [3.05, 3.63) is 74.5 Å². The third-order valence-corrected chi connectivity index (χ3v) is 5.12. The van der Waals surface area contributed by atoms with Gasteiger partial charge in [0.05, 0.1) is 10.6 Å². The lowest BCUT2D eigenvalue weighted by molar-refractivity contribution is 0.577. The molecule has 0 unspecified atom stereocenters. The van der Waals surface area contributed by atoms with Crippen LogP contribution in [-0.2, 0) is 10.0 Å². The monoisotopic (exact) mass is 366 g/mol. The van der Waals surface area contributed by atoms with Gasteiger partial charge in [0.25, 0.3) is 10.0 Å². The van der Waals surface area contributed by atoms with E-state index in [0.29, 0.717) is 15.3 Å². The average Bonchev–Trinajstić information content (AvgIpc) is 2.84. The highest BCUT2D eigenvalue weighted by Crippen LogP contribution is 2.15. The van der Waals surface area contributed by atoms with Crippen molar-refractivity contribution in [2.45, 2.75) is 4.90 Å². The van der Waals surface area contributed by atoms with Crippen LogP contribution in [0.5, 0.6) is 0 Å². The third-order valence-electron chi connectivity index (χ3n) is 3.27. The normalized spacial score (nSPS) is 11.5. The molecule has 24 heavy (non-hydrogen) atoms. The standard InChI is InChI=1S/C14H11ClN4O4S/c15-9-1-7-12(8-2-9)24(22,23)19-14(21)18(13(20)17-19)11-5-3-10(16)4-6-11/h1-8H,16H2,(H,17,20). The van der Waals surface area contributed by atoms with Crippen molar-refractivity contribution in [1.29, 1.82) is 0 Å². The first-order chi connectivity index (χ1) is 11.3. The summed E-state index contributed by atoms with van der Waals surface area (Å²) in [5.41, 5.74) is 4.27. The Morgan fingerprint density at radius 1 is 0.958 bits per heavy atom. The van der Waals surface area contributed by atoms with E-state index in [0.717, 1.165) is 0 Å². The van der Waals surface area contributed by atoms with Crippen molar-refractivity contribution in [2.24, 2.45) is 0 Å². The number of nitrogens with zero attached hydrogens (tertiary/aromatic N) is 2. The molecule has 0 saturated heterocycles. The molecule has 3 N–H and O–H groups in total. The highest BCUT2D eigenvalue weighted by molar-refractivity contribution is 7.89. The second kappa shape index (κ2) is 5.69. The predicted octanol–water partition coefficient (Wildman–Crippen LogP) is 0.800. The fraction of sp³-hybridized carbons (Fsp3) is 0. The van der Waals surface area contributed by atoms with Gasteiger partial charge in [0, 0.05) is 10.7 Å². The second-order valence-corrected chi connectivity index (χ2v) is 7.07. The highest BCUT2D eigenvalue weighted by Gasteiger charge is 2.23. The van der Waals surface area contributed by atoms with Crippen LogP contribution in [0.4, 0.5) is 5.69 Å². The number of H-pyrrole nitrogens is 1. The maximum absolute atomic E-state index is 12.5. The van der Waals surface area contributed by atoms with E-state index < -0.39 is 21.4 Å². The SMILES string of the molecule is Nc1ccc(-n2c(=O)[nH]n(S(=O)(=O)c3ccc(Cl)cc3)c2=O)cc1. The molecule has 3 rings (SSSR count). The summed E-state index contributed by atoms with van der Waals surface area (Å²) < 4.78 is 26.1. The Labute approximate surface area is 140 Å². The van der Waals surface area contributed by atoms with E-state index >= 15 is 0 Å². The first-order valence-corrected chi connectivity index (χ1v) is 8.43. The molecule has 0 amide bonds. The fourth-order valence-electron chi connectivity index (χ4n) is 2.09. The van der Waals surface area contributed by atoms with Gasteiger partial charge in [0.1, 0.15) is 0 Å². The van der Waals surface area contributed by atoms with Crippen LogP contribution in [0.1, 0.15) is 0 Å². The Hall–Kier alpha value is -2.78. The number of aromatic nitrogens is 3. The molecule has 0 aliphatic heterocycles. The van der Waals surface area contributed by atoms with Crippen LogP contribution in [0.15, 0.2) is 63.0 Å². The van der Waals surface area contributed by atoms with Gasteiger partial charge in [-0.25, -0.2) is 19.3 Å². The number of rotatable bonds is 3. The zero-order valence-electron chi connectivity index (χ0n) is 12.0. The lowest BCUT2D eigenvalue weighted by atomic mass is 10.3. The number of nitrogens with two attached hydrogens (primary N) is 1. The van der Waals surface area contributed by atoms with E-state index in [1.807, 2.05) is 5.10 Å². The van der Waals surface area contributed by atoms with Crippen LogP contribution in [0.3, 0.4) is 0 Å². The van der Waals surface area contributed by atoms with E-state index in [9.17, 15) is 18.0 Å². The van der Waals surface area contributed by atoms with Crippen molar-refractivity contribution in [1.82, 2.24) is 13.8 Å². The minimum Gasteiger partial charge on any atom is -0.399 e. The topological polar surface area (TPSA) is 120 Å². The molecular weight excluding hydrogens is 356 g/mol. The summed E-state index contributed by atoms with van der Waals surface area (Å²) in [5, 5.41) is 2.38. The van der Waals surface area contributed by atoms with E-state index in [4.69, 9.17) is 17.3 Å². The zero-order chi connectivity index (χ0) is 17.5. The number of aromatic amines is 1. The number of hydrogen-bond acceptors (Lipinski definition) is 5. The molecule has 0 fully saturated rings. The van der Waals surface area contributed by atoms with Crippen LogP contribution in [0.2, 0.25) is 5.02 Å². The maximum atomic E-state index is 12.5. The van der Waals surface area contributed by atoms with Gasteiger partial charge in [-0.3, -0.25) is 0 Å². The Morgan fingerprint density at radius 2 is 1.54 bits per heavy atom. The molecule has 0 saturated carbocycles. The Morgan fingerprint density at radius 3 is 2.12 bits per heavy atom. The largest absolute Gasteiger partial charge is 0.399 e. The van der Waals surface area contributed by atoms with Crippen LogP contribution in [0, 0.1) is 0 Å². The molecule has 0 bridgehead atoms. The lowest BCUT2D eigenvalue weighted by Crippen LogP contribution is -2.30. The van der Waals surface area contributed by atoms with Crippen molar-refractivity contribution in [3.63, 3.8) is 0 Å². The number of benzene rings is 2. The summed E-state index contributed by atoms with van der Waals surface area (Å²) in [4.78, 5) is 24.3. The van der Waals surface area contributed by atoms with Crippen molar-refractivity contribution < 1.29 is 8.42 Å². The Balaban J connectivity index is 2.19. The molecule has 3 aromatic rings. The molecule has 124 valence electrons. The van der Waals surface area contributed by atoms with Gasteiger partial charge in [0.15, 0.2) is 0 Å². The van der Waals surface area contributed by atoms with Gasteiger partial charge in [-0.15, -0.1) is 4.09 Å². The van der Waals surface area contributed by atoms with Crippen molar-refractivity contribution in [3.8, 4) is 5.69 Å². The van der Waals surface area contributed by atoms with Gasteiger partial charge in [-0.2, -0.15) is 8.42 Å². The summed E-state index contributed by atoms with van der Waals surface area (Å²) in [5.74, 6) is 0. The molecular formula is C14H11ClN4O4S. The molecule has 1 heterocycles. The van der Waals surface area contributed by atoms with Crippen LogP contribution >= 0.6 is 11.6 Å². The van der Waals surface area contributed by atoms with Crippen molar-refractivity contribution in [2.75, 3.05) is 5.73 Å². The quantitative estimate of drug-likeness (QED) is 0.664. The Bertz CT molecular complexity index is 1110. The summed E-state index contributed by atoms with van der Waals surface area (Å²) in [6.45, 7) is 0. The maximum Gasteiger partial charge on any atom is 0.366 e. The van der Waals surface area contributed by atoms with E-state index in [-0.39, 0.29) is 14.7 Å². The Kier molecular flexibility index (Phi) is 3.82. The van der Waals surface area contributed by atoms with E-state index in [2.05, 4.69) is 0 Å². The van der Waals surface area contributed by atoms with Crippen molar-refractivity contribution >= 4 is 27.3 Å². The second-order valence-electron chi connectivity index (χ2n) is 4.85. The molecule has 0 atom stereocenters. The predicted molar refractivity (Wildman–Crippen MR) is 89.1 cm³/mol. The molecule has 1 aromatic heterocycles. The number of nitrogens with one attached hydrogen (secondary N) is 1. The highest BCUT2D eigenvalue weighted by atomic mass is 35.5. The van der Waals surface area contributed by atoms with E-state index in [1.165, 1.54) is 48.5 Å². The average molecular weight is 367 g/mol. The van der Waals surface area contributed by atoms with Gasteiger partial charge < -0.3 is 5.73 Å². The zero-order valence-corrected chi connectivity index (χ0v) is 13.6. The van der Waals surface area contributed by atoms with E-state index in [1.54, 1.807) is 0 Å². The molecule has 0 spiro atoms. The van der Waals surface area contributed by atoms with Crippen LogP contribution in [0.25, 0.3) is 5.69 Å². The summed E-state index contributed by atoms with van der Waals surface area (Å²) in [7, 11) is -4.26.